The van der Waals surface area contributed by atoms with Crippen molar-refractivity contribution in [3.63, 3.8) is 0 Å². The molecule has 1 amide bonds. The number of guanidine groups is 1. The molecule has 1 aromatic rings. The van der Waals surface area contributed by atoms with Crippen LogP contribution < -0.4 is 11.1 Å². The van der Waals surface area contributed by atoms with Gasteiger partial charge in [0.05, 0.1) is 6.04 Å². The monoisotopic (exact) mass is 331 g/mol. The molecule has 0 radical (unpaired) electrons. The lowest BCUT2D eigenvalue weighted by molar-refractivity contribution is -0.133. The maximum atomic E-state index is 12.2. The minimum atomic E-state index is 0.0343. The second-order valence-electron chi connectivity index (χ2n) is 6.54. The highest BCUT2D eigenvalue weighted by molar-refractivity contribution is 5.92. The van der Waals surface area contributed by atoms with E-state index in [0.717, 1.165) is 38.0 Å². The molecule has 0 saturated carbocycles. The lowest BCUT2D eigenvalue weighted by atomic mass is 10.2. The summed E-state index contributed by atoms with van der Waals surface area (Å²) >= 11 is 0. The molecule has 3 N–H and O–H groups in total. The summed E-state index contributed by atoms with van der Waals surface area (Å²) in [4.78, 5) is 20.5. The normalized spacial score (nSPS) is 18.6. The molecule has 6 nitrogen and oxygen atoms in total. The molecule has 1 unspecified atom stereocenters. The van der Waals surface area contributed by atoms with Crippen molar-refractivity contribution in [1.29, 1.82) is 0 Å². The standard InChI is InChI=1S/C18H29N5O/c1-14-7-9-15(10-8-14)21-18(19)20-11-5-13-23-12-4-6-16(23)17(24)22(2)3/h7-10,16H,4-6,11-13H2,1-3H3,(H3,19,20,21). The molecule has 1 atom stereocenters. The van der Waals surface area contributed by atoms with E-state index < -0.39 is 0 Å². The fraction of sp³-hybridized carbons (Fsp3) is 0.556. The predicted molar refractivity (Wildman–Crippen MR) is 99.2 cm³/mol. The predicted octanol–water partition coefficient (Wildman–Crippen LogP) is 1.66. The summed E-state index contributed by atoms with van der Waals surface area (Å²) in [5.41, 5.74) is 8.07. The number of aliphatic imine (C=N–C) groups is 1. The van der Waals surface area contributed by atoms with Gasteiger partial charge in [-0.1, -0.05) is 17.7 Å². The first kappa shape index (κ1) is 18.3. The van der Waals surface area contributed by atoms with E-state index in [1.54, 1.807) is 4.90 Å². The summed E-state index contributed by atoms with van der Waals surface area (Å²) in [7, 11) is 3.64. The number of aryl methyl sites for hydroxylation is 1. The van der Waals surface area contributed by atoms with E-state index in [9.17, 15) is 4.79 Å². The van der Waals surface area contributed by atoms with Crippen LogP contribution in [0.15, 0.2) is 29.3 Å². The van der Waals surface area contributed by atoms with Crippen molar-refractivity contribution in [3.8, 4) is 0 Å². The quantitative estimate of drug-likeness (QED) is 0.472. The summed E-state index contributed by atoms with van der Waals surface area (Å²) in [5.74, 6) is 0.637. The number of amides is 1. The van der Waals surface area contributed by atoms with Gasteiger partial charge in [0, 0.05) is 32.9 Å². The van der Waals surface area contributed by atoms with Crippen LogP contribution in [0, 0.1) is 6.92 Å². The van der Waals surface area contributed by atoms with Crippen molar-refractivity contribution in [2.24, 2.45) is 10.7 Å². The molecule has 6 heteroatoms. The Bertz CT molecular complexity index is 567. The van der Waals surface area contributed by atoms with E-state index in [1.807, 2.05) is 45.3 Å². The summed E-state index contributed by atoms with van der Waals surface area (Å²) in [6, 6.07) is 8.07. The van der Waals surface area contributed by atoms with E-state index in [1.165, 1.54) is 5.56 Å². The average molecular weight is 331 g/mol. The number of anilines is 1. The molecule has 1 aliphatic rings. The molecule has 1 aromatic carbocycles. The topological polar surface area (TPSA) is 74.0 Å². The van der Waals surface area contributed by atoms with Gasteiger partial charge in [-0.05, 0) is 44.9 Å². The number of carbonyl (C=O) groups excluding carboxylic acids is 1. The molecule has 132 valence electrons. The first-order chi connectivity index (χ1) is 11.5. The Labute approximate surface area is 144 Å². The lowest BCUT2D eigenvalue weighted by Gasteiger charge is -2.25. The third-order valence-electron chi connectivity index (χ3n) is 4.30. The smallest absolute Gasteiger partial charge is 0.239 e. The van der Waals surface area contributed by atoms with E-state index in [-0.39, 0.29) is 11.9 Å². The number of likely N-dealkylation sites (N-methyl/N-ethyl adjacent to an activating group) is 1. The number of likely N-dealkylation sites (tertiary alicyclic amines) is 1. The Morgan fingerprint density at radius 1 is 1.38 bits per heavy atom. The first-order valence-electron chi connectivity index (χ1n) is 8.56. The summed E-state index contributed by atoms with van der Waals surface area (Å²) in [6.45, 7) is 4.58. The minimum absolute atomic E-state index is 0.0343. The van der Waals surface area contributed by atoms with Gasteiger partial charge in [0.1, 0.15) is 0 Å². The molecule has 0 spiro atoms. The highest BCUT2D eigenvalue weighted by Gasteiger charge is 2.30. The number of hydrogen-bond acceptors (Lipinski definition) is 3. The highest BCUT2D eigenvalue weighted by atomic mass is 16.2. The van der Waals surface area contributed by atoms with Crippen LogP contribution >= 0.6 is 0 Å². The van der Waals surface area contributed by atoms with Crippen molar-refractivity contribution in [1.82, 2.24) is 9.80 Å². The van der Waals surface area contributed by atoms with Crippen LogP contribution in [0.25, 0.3) is 0 Å². The van der Waals surface area contributed by atoms with Crippen LogP contribution in [0.1, 0.15) is 24.8 Å². The zero-order chi connectivity index (χ0) is 17.5. The van der Waals surface area contributed by atoms with Gasteiger partial charge in [0.2, 0.25) is 5.91 Å². The fourth-order valence-electron chi connectivity index (χ4n) is 2.97. The Kier molecular flexibility index (Phi) is 6.61. The molecular formula is C18H29N5O. The van der Waals surface area contributed by atoms with E-state index in [4.69, 9.17) is 5.73 Å². The molecule has 2 rings (SSSR count). The number of benzene rings is 1. The SMILES string of the molecule is Cc1ccc(NC(N)=NCCCN2CCCC2C(=O)N(C)C)cc1. The average Bonchev–Trinajstić information content (AvgIpc) is 3.01. The van der Waals surface area contributed by atoms with Crippen LogP contribution in [-0.4, -0.2) is 61.4 Å². The van der Waals surface area contributed by atoms with Gasteiger partial charge in [0.15, 0.2) is 5.96 Å². The molecule has 1 fully saturated rings. The lowest BCUT2D eigenvalue weighted by Crippen LogP contribution is -2.43. The number of nitrogens with one attached hydrogen (secondary N) is 1. The van der Waals surface area contributed by atoms with Gasteiger partial charge in [0.25, 0.3) is 0 Å². The molecule has 0 aromatic heterocycles. The third kappa shape index (κ3) is 5.23. The van der Waals surface area contributed by atoms with Gasteiger partial charge < -0.3 is 16.0 Å². The molecule has 1 saturated heterocycles. The maximum absolute atomic E-state index is 12.2. The van der Waals surface area contributed by atoms with Crippen LogP contribution in [0.3, 0.4) is 0 Å². The van der Waals surface area contributed by atoms with E-state index in [2.05, 4.69) is 15.2 Å². The molecule has 1 aliphatic heterocycles. The minimum Gasteiger partial charge on any atom is -0.370 e. The first-order valence-corrected chi connectivity index (χ1v) is 8.56. The van der Waals surface area contributed by atoms with Crippen LogP contribution in [0.5, 0.6) is 0 Å². The van der Waals surface area contributed by atoms with Crippen molar-refractivity contribution in [2.45, 2.75) is 32.2 Å². The molecule has 1 heterocycles. The van der Waals surface area contributed by atoms with Gasteiger partial charge >= 0.3 is 0 Å². The van der Waals surface area contributed by atoms with Crippen molar-refractivity contribution in [3.05, 3.63) is 29.8 Å². The van der Waals surface area contributed by atoms with Gasteiger partial charge in [-0.3, -0.25) is 14.7 Å². The van der Waals surface area contributed by atoms with Gasteiger partial charge in [-0.15, -0.1) is 0 Å². The van der Waals surface area contributed by atoms with Gasteiger partial charge in [-0.2, -0.15) is 0 Å². The van der Waals surface area contributed by atoms with Crippen LogP contribution in [0.4, 0.5) is 5.69 Å². The summed E-state index contributed by atoms with van der Waals surface area (Å²) < 4.78 is 0. The second kappa shape index (κ2) is 8.68. The van der Waals surface area contributed by atoms with Crippen molar-refractivity contribution >= 4 is 17.6 Å². The highest BCUT2D eigenvalue weighted by Crippen LogP contribution is 2.18. The summed E-state index contributed by atoms with van der Waals surface area (Å²) in [5, 5.41) is 3.09. The zero-order valence-electron chi connectivity index (χ0n) is 15.0. The molecule has 0 aliphatic carbocycles. The van der Waals surface area contributed by atoms with Crippen LogP contribution in [-0.2, 0) is 4.79 Å². The number of hydrogen-bond donors (Lipinski definition) is 2. The largest absolute Gasteiger partial charge is 0.370 e. The molecule has 0 bridgehead atoms. The van der Waals surface area contributed by atoms with E-state index in [0.29, 0.717) is 12.5 Å². The van der Waals surface area contributed by atoms with Crippen molar-refractivity contribution in [2.75, 3.05) is 39.0 Å². The van der Waals surface area contributed by atoms with Crippen LogP contribution in [0.2, 0.25) is 0 Å². The van der Waals surface area contributed by atoms with Gasteiger partial charge in [-0.25, -0.2) is 0 Å². The molecular weight excluding hydrogens is 302 g/mol. The Morgan fingerprint density at radius 3 is 2.75 bits per heavy atom. The van der Waals surface area contributed by atoms with E-state index >= 15 is 0 Å². The number of rotatable bonds is 6. The third-order valence-corrected chi connectivity index (χ3v) is 4.30. The number of nitrogens with zero attached hydrogens (tertiary/aromatic N) is 3. The Balaban J connectivity index is 1.75. The summed E-state index contributed by atoms with van der Waals surface area (Å²) in [6.07, 6.45) is 2.94. The Hall–Kier alpha value is -2.08. The number of carbonyl (C=O) groups is 1. The second-order valence-corrected chi connectivity index (χ2v) is 6.54. The number of nitrogens with two attached hydrogens (primary N) is 1. The zero-order valence-corrected chi connectivity index (χ0v) is 15.0. The maximum Gasteiger partial charge on any atom is 0.239 e. The van der Waals surface area contributed by atoms with Crippen molar-refractivity contribution < 1.29 is 4.79 Å². The molecule has 24 heavy (non-hydrogen) atoms. The Morgan fingerprint density at radius 2 is 2.08 bits per heavy atom. The fourth-order valence-corrected chi connectivity index (χ4v) is 2.97.